The summed E-state index contributed by atoms with van der Waals surface area (Å²) in [5.41, 5.74) is 3.39. The average Bonchev–Trinajstić information content (AvgIpc) is 2.79. The van der Waals surface area contributed by atoms with Crippen LogP contribution in [0.4, 0.5) is 0 Å². The summed E-state index contributed by atoms with van der Waals surface area (Å²) in [6.07, 6.45) is 3.48. The smallest absolute Gasteiger partial charge is 0.130 e. The molecule has 0 bridgehead atoms. The minimum absolute atomic E-state index is 0.429. The molecule has 0 N–H and O–H groups in total. The van der Waals surface area contributed by atoms with E-state index in [0.29, 0.717) is 6.61 Å². The van der Waals surface area contributed by atoms with Gasteiger partial charge in [0.1, 0.15) is 17.3 Å². The summed E-state index contributed by atoms with van der Waals surface area (Å²) in [5.74, 6) is 1.53. The van der Waals surface area contributed by atoms with Gasteiger partial charge < -0.3 is 9.64 Å². The van der Waals surface area contributed by atoms with E-state index in [2.05, 4.69) is 41.3 Å². The third-order valence-corrected chi connectivity index (χ3v) is 6.57. The van der Waals surface area contributed by atoms with E-state index in [0.717, 1.165) is 65.2 Å². The van der Waals surface area contributed by atoms with Crippen molar-refractivity contribution >= 4 is 28.8 Å². The van der Waals surface area contributed by atoms with Gasteiger partial charge in [-0.15, -0.1) is 0 Å². The van der Waals surface area contributed by atoms with Crippen LogP contribution in [0.2, 0.25) is 5.02 Å². The van der Waals surface area contributed by atoms with Gasteiger partial charge in [0, 0.05) is 23.7 Å². The summed E-state index contributed by atoms with van der Waals surface area (Å²) in [5, 5.41) is 0.720. The second-order valence-electron chi connectivity index (χ2n) is 7.80. The van der Waals surface area contributed by atoms with Crippen LogP contribution in [-0.4, -0.2) is 23.0 Å². The third kappa shape index (κ3) is 5.21. The summed E-state index contributed by atoms with van der Waals surface area (Å²) in [7, 11) is 0. The number of hydrogen-bond donors (Lipinski definition) is 0. The highest BCUT2D eigenvalue weighted by Crippen LogP contribution is 2.27. The first-order chi connectivity index (χ1) is 14.7. The number of ether oxygens (including phenoxy) is 1. The zero-order valence-electron chi connectivity index (χ0n) is 17.0. The summed E-state index contributed by atoms with van der Waals surface area (Å²) in [6.45, 7) is 2.42. The van der Waals surface area contributed by atoms with E-state index in [1.165, 1.54) is 5.56 Å². The van der Waals surface area contributed by atoms with E-state index >= 15 is 0 Å². The van der Waals surface area contributed by atoms with E-state index < -0.39 is 0 Å². The standard InChI is InChI=1S/C26H26ClNOS/c27-24-12-6-4-10-22(24)19-29-25-13-7-5-11-23(25)26(30)28-16-14-21(15-17-28)18-20-8-2-1-3-9-20/h1-13,21H,14-19H2. The van der Waals surface area contributed by atoms with Gasteiger partial charge in [0.05, 0.1) is 5.56 Å². The Kier molecular flexibility index (Phi) is 7.03. The van der Waals surface area contributed by atoms with Crippen LogP contribution in [0, 0.1) is 5.92 Å². The maximum atomic E-state index is 6.27. The van der Waals surface area contributed by atoms with E-state index in [9.17, 15) is 0 Å². The number of halogens is 1. The predicted molar refractivity (Wildman–Crippen MR) is 128 cm³/mol. The lowest BCUT2D eigenvalue weighted by atomic mass is 9.90. The Bertz CT molecular complexity index is 983. The van der Waals surface area contributed by atoms with Crippen molar-refractivity contribution in [2.24, 2.45) is 5.92 Å². The topological polar surface area (TPSA) is 12.5 Å². The number of rotatable bonds is 6. The highest BCUT2D eigenvalue weighted by atomic mass is 35.5. The van der Waals surface area contributed by atoms with Gasteiger partial charge in [-0.3, -0.25) is 0 Å². The van der Waals surface area contributed by atoms with E-state index in [1.54, 1.807) is 0 Å². The number of para-hydroxylation sites is 1. The molecule has 0 saturated carbocycles. The van der Waals surface area contributed by atoms with E-state index in [1.807, 2.05) is 42.5 Å². The molecule has 0 atom stereocenters. The molecule has 0 unspecified atom stereocenters. The third-order valence-electron chi connectivity index (χ3n) is 5.73. The van der Waals surface area contributed by atoms with Crippen molar-refractivity contribution in [2.45, 2.75) is 25.9 Å². The van der Waals surface area contributed by atoms with Crippen molar-refractivity contribution in [1.82, 2.24) is 4.90 Å². The molecule has 0 spiro atoms. The van der Waals surface area contributed by atoms with E-state index in [-0.39, 0.29) is 0 Å². The van der Waals surface area contributed by atoms with Crippen LogP contribution in [0.25, 0.3) is 0 Å². The molecule has 0 aromatic heterocycles. The van der Waals surface area contributed by atoms with Crippen molar-refractivity contribution in [3.63, 3.8) is 0 Å². The highest BCUT2D eigenvalue weighted by molar-refractivity contribution is 7.80. The molecule has 0 aliphatic carbocycles. The Morgan fingerprint density at radius 1 is 0.900 bits per heavy atom. The summed E-state index contributed by atoms with van der Waals surface area (Å²) in [6, 6.07) is 26.6. The number of nitrogens with zero attached hydrogens (tertiary/aromatic N) is 1. The van der Waals surface area contributed by atoms with Crippen LogP contribution < -0.4 is 4.74 Å². The van der Waals surface area contributed by atoms with Crippen molar-refractivity contribution in [1.29, 1.82) is 0 Å². The second kappa shape index (κ2) is 10.1. The van der Waals surface area contributed by atoms with Crippen molar-refractivity contribution < 1.29 is 4.74 Å². The van der Waals surface area contributed by atoms with Crippen molar-refractivity contribution in [3.05, 3.63) is 101 Å². The SMILES string of the molecule is S=C(c1ccccc1OCc1ccccc1Cl)N1CCC(Cc2ccccc2)CC1. The largest absolute Gasteiger partial charge is 0.488 e. The van der Waals surface area contributed by atoms with Gasteiger partial charge in [-0.25, -0.2) is 0 Å². The zero-order valence-corrected chi connectivity index (χ0v) is 18.5. The molecule has 2 nitrogen and oxygen atoms in total. The molecule has 4 rings (SSSR count). The maximum absolute atomic E-state index is 6.27. The van der Waals surface area contributed by atoms with Crippen LogP contribution in [0.1, 0.15) is 29.5 Å². The monoisotopic (exact) mass is 435 g/mol. The molecule has 4 heteroatoms. The average molecular weight is 436 g/mol. The van der Waals surface area contributed by atoms with Gasteiger partial charge in [-0.2, -0.15) is 0 Å². The van der Waals surface area contributed by atoms with Crippen molar-refractivity contribution in [2.75, 3.05) is 13.1 Å². The Labute approximate surface area is 189 Å². The Morgan fingerprint density at radius 3 is 2.33 bits per heavy atom. The van der Waals surface area contributed by atoms with Crippen LogP contribution in [-0.2, 0) is 13.0 Å². The summed E-state index contributed by atoms with van der Waals surface area (Å²) < 4.78 is 6.12. The molecule has 3 aromatic rings. The minimum Gasteiger partial charge on any atom is -0.488 e. The lowest BCUT2D eigenvalue weighted by Gasteiger charge is -2.34. The first-order valence-electron chi connectivity index (χ1n) is 10.5. The Balaban J connectivity index is 1.37. The molecule has 30 heavy (non-hydrogen) atoms. The number of thiocarbonyl (C=S) groups is 1. The Hall–Kier alpha value is -2.36. The van der Waals surface area contributed by atoms with Crippen molar-refractivity contribution in [3.8, 4) is 5.75 Å². The second-order valence-corrected chi connectivity index (χ2v) is 8.60. The molecule has 1 saturated heterocycles. The van der Waals surface area contributed by atoms with Gasteiger partial charge in [0.25, 0.3) is 0 Å². The van der Waals surface area contributed by atoms with Crippen LogP contribution in [0.15, 0.2) is 78.9 Å². The summed E-state index contributed by atoms with van der Waals surface area (Å²) in [4.78, 5) is 3.21. The number of piperidine rings is 1. The molecule has 1 aliphatic heterocycles. The molecule has 1 aliphatic rings. The van der Waals surface area contributed by atoms with Crippen LogP contribution in [0.3, 0.4) is 0 Å². The fourth-order valence-corrected chi connectivity index (χ4v) is 4.54. The normalized spacial score (nSPS) is 14.5. The zero-order chi connectivity index (χ0) is 20.8. The molecule has 1 heterocycles. The predicted octanol–water partition coefficient (Wildman–Crippen LogP) is 6.55. The number of hydrogen-bond acceptors (Lipinski definition) is 2. The number of likely N-dealkylation sites (tertiary alicyclic amines) is 1. The molecule has 0 radical (unpaired) electrons. The van der Waals surface area contributed by atoms with Gasteiger partial charge >= 0.3 is 0 Å². The molecule has 1 fully saturated rings. The number of benzene rings is 3. The molecule has 0 amide bonds. The molecular weight excluding hydrogens is 410 g/mol. The highest BCUT2D eigenvalue weighted by Gasteiger charge is 2.23. The molecular formula is C26H26ClNOS. The minimum atomic E-state index is 0.429. The fraction of sp³-hybridized carbons (Fsp3) is 0.269. The summed E-state index contributed by atoms with van der Waals surface area (Å²) >= 11 is 12.1. The van der Waals surface area contributed by atoms with Gasteiger partial charge in [-0.05, 0) is 48.9 Å². The quantitative estimate of drug-likeness (QED) is 0.407. The van der Waals surface area contributed by atoms with E-state index in [4.69, 9.17) is 28.6 Å². The van der Waals surface area contributed by atoms with Gasteiger partial charge in [-0.1, -0.05) is 84.5 Å². The molecule has 154 valence electrons. The lowest BCUT2D eigenvalue weighted by Crippen LogP contribution is -2.38. The maximum Gasteiger partial charge on any atom is 0.130 e. The lowest BCUT2D eigenvalue weighted by molar-refractivity contribution is 0.267. The fourth-order valence-electron chi connectivity index (χ4n) is 4.00. The molecule has 3 aromatic carbocycles. The first kappa shape index (κ1) is 20.9. The first-order valence-corrected chi connectivity index (χ1v) is 11.3. The van der Waals surface area contributed by atoms with Gasteiger partial charge in [0.2, 0.25) is 0 Å². The van der Waals surface area contributed by atoms with Crippen LogP contribution in [0.5, 0.6) is 5.75 Å². The Morgan fingerprint density at radius 2 is 1.57 bits per heavy atom. The van der Waals surface area contributed by atoms with Gasteiger partial charge in [0.15, 0.2) is 0 Å². The van der Waals surface area contributed by atoms with Crippen LogP contribution >= 0.6 is 23.8 Å².